The lowest BCUT2D eigenvalue weighted by Crippen LogP contribution is -2.40. The number of hydrogen-bond donors (Lipinski definition) is 1. The molecule has 0 saturated heterocycles. The van der Waals surface area contributed by atoms with E-state index in [1.54, 1.807) is 12.0 Å². The van der Waals surface area contributed by atoms with E-state index in [-0.39, 0.29) is 18.4 Å². The Labute approximate surface area is 165 Å². The van der Waals surface area contributed by atoms with Crippen LogP contribution in [0.2, 0.25) is 0 Å². The topological polar surface area (TPSA) is 67.9 Å². The van der Waals surface area contributed by atoms with Crippen molar-refractivity contribution in [1.29, 1.82) is 0 Å². The van der Waals surface area contributed by atoms with Crippen molar-refractivity contribution in [1.82, 2.24) is 5.32 Å². The molecule has 0 spiro atoms. The molecule has 0 atom stereocenters. The van der Waals surface area contributed by atoms with Crippen LogP contribution in [0, 0.1) is 0 Å². The highest BCUT2D eigenvalue weighted by atomic mass is 16.5. The molecule has 1 N–H and O–H groups in total. The summed E-state index contributed by atoms with van der Waals surface area (Å²) in [5.41, 5.74) is 2.84. The Balaban J connectivity index is 1.65. The van der Waals surface area contributed by atoms with E-state index in [9.17, 15) is 9.59 Å². The molecule has 0 aliphatic carbocycles. The van der Waals surface area contributed by atoms with Crippen LogP contribution in [0.25, 0.3) is 0 Å². The van der Waals surface area contributed by atoms with Crippen LogP contribution in [0.4, 0.5) is 5.69 Å². The summed E-state index contributed by atoms with van der Waals surface area (Å²) in [5.74, 6) is 1.10. The SMILES string of the molecule is CCOc1ccc(CNC(=O)CN2C(=O)CCCc3ccccc32)cc1OC. The van der Waals surface area contributed by atoms with Crippen molar-refractivity contribution in [3.63, 3.8) is 0 Å². The molecule has 6 nitrogen and oxygen atoms in total. The first-order chi connectivity index (χ1) is 13.6. The number of benzene rings is 2. The summed E-state index contributed by atoms with van der Waals surface area (Å²) in [7, 11) is 1.59. The molecule has 0 aromatic heterocycles. The second-order valence-corrected chi connectivity index (χ2v) is 6.66. The zero-order valence-electron chi connectivity index (χ0n) is 16.4. The van der Waals surface area contributed by atoms with Crippen LogP contribution < -0.4 is 19.7 Å². The van der Waals surface area contributed by atoms with Gasteiger partial charge in [0.25, 0.3) is 0 Å². The van der Waals surface area contributed by atoms with Gasteiger partial charge >= 0.3 is 0 Å². The molecular formula is C22H26N2O4. The maximum atomic E-state index is 12.5. The third kappa shape index (κ3) is 4.63. The average molecular weight is 382 g/mol. The minimum absolute atomic E-state index is 0.0113. The van der Waals surface area contributed by atoms with E-state index in [1.165, 1.54) is 0 Å². The Morgan fingerprint density at radius 2 is 1.96 bits per heavy atom. The van der Waals surface area contributed by atoms with Gasteiger partial charge in [-0.1, -0.05) is 24.3 Å². The fourth-order valence-electron chi connectivity index (χ4n) is 3.36. The number of ether oxygens (including phenoxy) is 2. The van der Waals surface area contributed by atoms with Gasteiger partial charge in [0.2, 0.25) is 11.8 Å². The molecule has 1 aliphatic rings. The number of hydrogen-bond acceptors (Lipinski definition) is 4. The van der Waals surface area contributed by atoms with Crippen molar-refractivity contribution in [2.45, 2.75) is 32.7 Å². The molecule has 0 saturated carbocycles. The summed E-state index contributed by atoms with van der Waals surface area (Å²) in [6.45, 7) is 2.84. The van der Waals surface area contributed by atoms with Gasteiger partial charge in [-0.3, -0.25) is 9.59 Å². The maximum Gasteiger partial charge on any atom is 0.240 e. The molecular weight excluding hydrogens is 356 g/mol. The van der Waals surface area contributed by atoms with Gasteiger partial charge in [0.05, 0.1) is 13.7 Å². The Morgan fingerprint density at radius 3 is 2.75 bits per heavy atom. The van der Waals surface area contributed by atoms with Crippen molar-refractivity contribution < 1.29 is 19.1 Å². The zero-order chi connectivity index (χ0) is 19.9. The molecule has 148 valence electrons. The monoisotopic (exact) mass is 382 g/mol. The number of aryl methyl sites for hydroxylation is 1. The number of anilines is 1. The van der Waals surface area contributed by atoms with E-state index < -0.39 is 0 Å². The molecule has 0 unspecified atom stereocenters. The Hall–Kier alpha value is -3.02. The van der Waals surface area contributed by atoms with E-state index in [0.29, 0.717) is 31.1 Å². The third-order valence-electron chi connectivity index (χ3n) is 4.74. The van der Waals surface area contributed by atoms with Crippen LogP contribution in [-0.4, -0.2) is 32.1 Å². The molecule has 2 amide bonds. The second kappa shape index (κ2) is 9.26. The summed E-state index contributed by atoms with van der Waals surface area (Å²) in [6.07, 6.45) is 2.12. The number of nitrogens with one attached hydrogen (secondary N) is 1. The van der Waals surface area contributed by atoms with Crippen LogP contribution in [-0.2, 0) is 22.6 Å². The Morgan fingerprint density at radius 1 is 1.14 bits per heavy atom. The standard InChI is InChI=1S/C22H26N2O4/c1-3-28-19-12-11-16(13-20(19)27-2)14-23-21(25)15-24-18-9-5-4-7-17(18)8-6-10-22(24)26/h4-5,7,9,11-13H,3,6,8,10,14-15H2,1-2H3,(H,23,25). The highest BCUT2D eigenvalue weighted by molar-refractivity contribution is 5.99. The number of carbonyl (C=O) groups is 2. The first-order valence-corrected chi connectivity index (χ1v) is 9.57. The highest BCUT2D eigenvalue weighted by Gasteiger charge is 2.23. The number of carbonyl (C=O) groups excluding carboxylic acids is 2. The first kappa shape index (κ1) is 19.7. The molecule has 28 heavy (non-hydrogen) atoms. The minimum atomic E-state index is -0.196. The van der Waals surface area contributed by atoms with Crippen LogP contribution in [0.15, 0.2) is 42.5 Å². The van der Waals surface area contributed by atoms with Gasteiger partial charge in [-0.05, 0) is 49.1 Å². The maximum absolute atomic E-state index is 12.5. The second-order valence-electron chi connectivity index (χ2n) is 6.66. The van der Waals surface area contributed by atoms with Gasteiger partial charge in [-0.25, -0.2) is 0 Å². The predicted octanol–water partition coefficient (Wildman–Crippen LogP) is 3.08. The minimum Gasteiger partial charge on any atom is -0.493 e. The molecule has 1 heterocycles. The summed E-state index contributed by atoms with van der Waals surface area (Å²) in [5, 5.41) is 2.89. The molecule has 0 radical (unpaired) electrons. The van der Waals surface area contributed by atoms with E-state index in [2.05, 4.69) is 5.32 Å². The lowest BCUT2D eigenvalue weighted by Gasteiger charge is -2.22. The van der Waals surface area contributed by atoms with Crippen molar-refractivity contribution in [3.05, 3.63) is 53.6 Å². The quantitative estimate of drug-likeness (QED) is 0.799. The highest BCUT2D eigenvalue weighted by Crippen LogP contribution is 2.28. The average Bonchev–Trinajstić information content (AvgIpc) is 2.86. The smallest absolute Gasteiger partial charge is 0.240 e. The molecule has 0 fully saturated rings. The number of amides is 2. The number of para-hydroxylation sites is 1. The van der Waals surface area contributed by atoms with Crippen molar-refractivity contribution in [2.75, 3.05) is 25.2 Å². The number of fused-ring (bicyclic) bond motifs is 1. The fourth-order valence-corrected chi connectivity index (χ4v) is 3.36. The number of rotatable bonds is 7. The summed E-state index contributed by atoms with van der Waals surface area (Å²) in [4.78, 5) is 26.6. The third-order valence-corrected chi connectivity index (χ3v) is 4.74. The lowest BCUT2D eigenvalue weighted by molar-refractivity contribution is -0.123. The van der Waals surface area contributed by atoms with Gasteiger partial charge < -0.3 is 19.7 Å². The molecule has 3 rings (SSSR count). The normalized spacial score (nSPS) is 13.5. The number of methoxy groups -OCH3 is 1. The van der Waals surface area contributed by atoms with Crippen molar-refractivity contribution in [2.24, 2.45) is 0 Å². The Bertz CT molecular complexity index is 850. The van der Waals surface area contributed by atoms with Crippen molar-refractivity contribution >= 4 is 17.5 Å². The van der Waals surface area contributed by atoms with E-state index in [1.807, 2.05) is 49.4 Å². The van der Waals surface area contributed by atoms with Crippen LogP contribution in [0.5, 0.6) is 11.5 Å². The lowest BCUT2D eigenvalue weighted by atomic mass is 10.1. The van der Waals surface area contributed by atoms with Gasteiger partial charge in [-0.2, -0.15) is 0 Å². The van der Waals surface area contributed by atoms with Crippen LogP contribution in [0.1, 0.15) is 30.9 Å². The van der Waals surface area contributed by atoms with Gasteiger partial charge in [-0.15, -0.1) is 0 Å². The largest absolute Gasteiger partial charge is 0.493 e. The fraction of sp³-hybridized carbons (Fsp3) is 0.364. The Kier molecular flexibility index (Phi) is 6.53. The van der Waals surface area contributed by atoms with Crippen molar-refractivity contribution in [3.8, 4) is 11.5 Å². The molecule has 0 bridgehead atoms. The zero-order valence-corrected chi connectivity index (χ0v) is 16.4. The molecule has 1 aliphatic heterocycles. The van der Waals surface area contributed by atoms with Gasteiger partial charge in [0, 0.05) is 18.7 Å². The van der Waals surface area contributed by atoms with Crippen LogP contribution >= 0.6 is 0 Å². The van der Waals surface area contributed by atoms with Gasteiger partial charge in [0.15, 0.2) is 11.5 Å². The molecule has 6 heteroatoms. The van der Waals surface area contributed by atoms with Crippen LogP contribution in [0.3, 0.4) is 0 Å². The summed E-state index contributed by atoms with van der Waals surface area (Å²) in [6, 6.07) is 13.4. The molecule has 2 aromatic carbocycles. The summed E-state index contributed by atoms with van der Waals surface area (Å²) >= 11 is 0. The first-order valence-electron chi connectivity index (χ1n) is 9.57. The summed E-state index contributed by atoms with van der Waals surface area (Å²) < 4.78 is 10.9. The van der Waals surface area contributed by atoms with E-state index in [0.717, 1.165) is 29.7 Å². The molecule has 2 aromatic rings. The number of nitrogens with zero attached hydrogens (tertiary/aromatic N) is 1. The van der Waals surface area contributed by atoms with E-state index in [4.69, 9.17) is 9.47 Å². The van der Waals surface area contributed by atoms with E-state index >= 15 is 0 Å². The predicted molar refractivity (Wildman–Crippen MR) is 108 cm³/mol. The van der Waals surface area contributed by atoms with Gasteiger partial charge in [0.1, 0.15) is 6.54 Å².